The highest BCUT2D eigenvalue weighted by Crippen LogP contribution is 2.33. The fourth-order valence-corrected chi connectivity index (χ4v) is 2.76. The van der Waals surface area contributed by atoms with E-state index in [1.807, 2.05) is 12.1 Å². The van der Waals surface area contributed by atoms with Gasteiger partial charge in [0.2, 0.25) is 0 Å². The van der Waals surface area contributed by atoms with E-state index in [-0.39, 0.29) is 0 Å². The normalized spacial score (nSPS) is 12.6. The molecule has 3 rings (SSSR count). The van der Waals surface area contributed by atoms with Gasteiger partial charge in [-0.25, -0.2) is 0 Å². The molecule has 0 saturated carbocycles. The summed E-state index contributed by atoms with van der Waals surface area (Å²) in [5.74, 6) is 0. The van der Waals surface area contributed by atoms with Crippen LogP contribution in [0.2, 0.25) is 15.1 Å². The lowest BCUT2D eigenvalue weighted by atomic mass is 9.99. The van der Waals surface area contributed by atoms with E-state index in [9.17, 15) is 5.11 Å². The molecule has 0 aliphatic rings. The van der Waals surface area contributed by atoms with Crippen LogP contribution in [-0.4, -0.2) is 10.1 Å². The second-order valence-electron chi connectivity index (χ2n) is 4.61. The molecule has 1 heterocycles. The van der Waals surface area contributed by atoms with Gasteiger partial charge >= 0.3 is 0 Å². The molecule has 5 heteroatoms. The van der Waals surface area contributed by atoms with Gasteiger partial charge in [0.05, 0.1) is 15.6 Å². The zero-order valence-corrected chi connectivity index (χ0v) is 13.0. The molecule has 0 fully saturated rings. The van der Waals surface area contributed by atoms with Crippen molar-refractivity contribution in [3.63, 3.8) is 0 Å². The zero-order chi connectivity index (χ0) is 15.0. The highest BCUT2D eigenvalue weighted by Gasteiger charge is 2.16. The van der Waals surface area contributed by atoms with Gasteiger partial charge in [0, 0.05) is 22.2 Å². The van der Waals surface area contributed by atoms with Crippen LogP contribution in [0.3, 0.4) is 0 Å². The van der Waals surface area contributed by atoms with E-state index in [0.717, 1.165) is 5.39 Å². The minimum absolute atomic E-state index is 0.402. The number of nitrogens with zero attached hydrogens (tertiary/aromatic N) is 1. The predicted molar refractivity (Wildman–Crippen MR) is 87.3 cm³/mol. The monoisotopic (exact) mass is 337 g/mol. The Morgan fingerprint density at radius 1 is 0.905 bits per heavy atom. The van der Waals surface area contributed by atoms with Crippen LogP contribution in [0.1, 0.15) is 17.2 Å². The van der Waals surface area contributed by atoms with E-state index >= 15 is 0 Å². The number of pyridine rings is 1. The maximum absolute atomic E-state index is 10.6. The second kappa shape index (κ2) is 5.82. The van der Waals surface area contributed by atoms with E-state index < -0.39 is 6.10 Å². The van der Waals surface area contributed by atoms with Gasteiger partial charge in [0.15, 0.2) is 0 Å². The minimum Gasteiger partial charge on any atom is -0.384 e. The van der Waals surface area contributed by atoms with Crippen molar-refractivity contribution in [2.24, 2.45) is 0 Å². The largest absolute Gasteiger partial charge is 0.384 e. The Hall–Kier alpha value is -1.32. The first-order valence-electron chi connectivity index (χ1n) is 6.24. The molecule has 0 aliphatic carbocycles. The van der Waals surface area contributed by atoms with E-state index in [0.29, 0.717) is 31.7 Å². The summed E-state index contributed by atoms with van der Waals surface area (Å²) >= 11 is 18.1. The number of fused-ring (bicyclic) bond motifs is 1. The molecule has 0 aliphatic heterocycles. The van der Waals surface area contributed by atoms with Gasteiger partial charge in [-0.2, -0.15) is 0 Å². The first-order valence-corrected chi connectivity index (χ1v) is 7.37. The van der Waals surface area contributed by atoms with Gasteiger partial charge in [0.25, 0.3) is 0 Å². The summed E-state index contributed by atoms with van der Waals surface area (Å²) in [6, 6.07) is 12.2. The molecule has 0 spiro atoms. The molecule has 2 nitrogen and oxygen atoms in total. The highest BCUT2D eigenvalue weighted by atomic mass is 35.5. The molecule has 1 atom stereocenters. The predicted octanol–water partition coefficient (Wildman–Crippen LogP) is 5.28. The molecule has 1 aromatic heterocycles. The lowest BCUT2D eigenvalue weighted by Gasteiger charge is -2.15. The Balaban J connectivity index is 2.15. The molecule has 1 unspecified atom stereocenters. The van der Waals surface area contributed by atoms with Crippen LogP contribution in [0.5, 0.6) is 0 Å². The first-order chi connectivity index (χ1) is 10.1. The molecular formula is C16H10Cl3NO. The Bertz CT molecular complexity index is 820. The van der Waals surface area contributed by atoms with Crippen LogP contribution < -0.4 is 0 Å². The van der Waals surface area contributed by atoms with Crippen LogP contribution in [0.15, 0.2) is 48.7 Å². The average molecular weight is 339 g/mol. The molecule has 0 radical (unpaired) electrons. The van der Waals surface area contributed by atoms with Crippen molar-refractivity contribution >= 4 is 45.7 Å². The molecule has 106 valence electrons. The van der Waals surface area contributed by atoms with Gasteiger partial charge in [-0.15, -0.1) is 0 Å². The topological polar surface area (TPSA) is 33.1 Å². The number of halogens is 3. The summed E-state index contributed by atoms with van der Waals surface area (Å²) in [6.45, 7) is 0. The maximum Gasteiger partial charge on any atom is 0.106 e. The van der Waals surface area contributed by atoms with Gasteiger partial charge in [0.1, 0.15) is 6.10 Å². The molecule has 0 saturated heterocycles. The van der Waals surface area contributed by atoms with Crippen LogP contribution in [0.25, 0.3) is 10.9 Å². The van der Waals surface area contributed by atoms with Crippen molar-refractivity contribution in [2.45, 2.75) is 6.10 Å². The average Bonchev–Trinajstić information content (AvgIpc) is 2.50. The van der Waals surface area contributed by atoms with E-state index in [4.69, 9.17) is 34.8 Å². The zero-order valence-electron chi connectivity index (χ0n) is 10.7. The standard InChI is InChI=1S/C16H10Cl3NO/c17-12-6-4-11(15-10(12)2-1-7-20-15)16(21)9-3-5-13(18)14(19)8-9/h1-8,16,21H. The summed E-state index contributed by atoms with van der Waals surface area (Å²) in [5.41, 5.74) is 2.00. The van der Waals surface area contributed by atoms with Crippen molar-refractivity contribution in [3.05, 3.63) is 74.9 Å². The third-order valence-corrected chi connectivity index (χ3v) is 4.37. The van der Waals surface area contributed by atoms with Crippen LogP contribution in [0, 0.1) is 0 Å². The van der Waals surface area contributed by atoms with Crippen molar-refractivity contribution < 1.29 is 5.11 Å². The van der Waals surface area contributed by atoms with Gasteiger partial charge in [-0.1, -0.05) is 46.9 Å². The van der Waals surface area contributed by atoms with Crippen LogP contribution >= 0.6 is 34.8 Å². The summed E-state index contributed by atoms with van der Waals surface area (Å²) in [6.07, 6.45) is 0.818. The maximum atomic E-state index is 10.6. The fourth-order valence-electron chi connectivity index (χ4n) is 2.24. The van der Waals surface area contributed by atoms with Crippen LogP contribution in [-0.2, 0) is 0 Å². The Labute approximate surface area is 136 Å². The number of aliphatic hydroxyl groups is 1. The number of hydrogen-bond donors (Lipinski definition) is 1. The number of aromatic nitrogens is 1. The van der Waals surface area contributed by atoms with E-state index in [1.165, 1.54) is 0 Å². The number of rotatable bonds is 2. The van der Waals surface area contributed by atoms with Crippen LogP contribution in [0.4, 0.5) is 0 Å². The number of benzene rings is 2. The van der Waals surface area contributed by atoms with Gasteiger partial charge in [-0.05, 0) is 35.9 Å². The van der Waals surface area contributed by atoms with Crippen molar-refractivity contribution in [1.82, 2.24) is 4.98 Å². The van der Waals surface area contributed by atoms with Crippen molar-refractivity contribution in [1.29, 1.82) is 0 Å². The molecule has 1 N–H and O–H groups in total. The van der Waals surface area contributed by atoms with Crippen molar-refractivity contribution in [3.8, 4) is 0 Å². The van der Waals surface area contributed by atoms with E-state index in [2.05, 4.69) is 4.98 Å². The molecule has 21 heavy (non-hydrogen) atoms. The Morgan fingerprint density at radius 2 is 1.67 bits per heavy atom. The molecule has 2 aromatic carbocycles. The summed E-state index contributed by atoms with van der Waals surface area (Å²) in [7, 11) is 0. The smallest absolute Gasteiger partial charge is 0.106 e. The Morgan fingerprint density at radius 3 is 2.43 bits per heavy atom. The molecule has 0 bridgehead atoms. The minimum atomic E-state index is -0.852. The van der Waals surface area contributed by atoms with Crippen molar-refractivity contribution in [2.75, 3.05) is 0 Å². The second-order valence-corrected chi connectivity index (χ2v) is 5.83. The summed E-state index contributed by atoms with van der Waals surface area (Å²) < 4.78 is 0. The van der Waals surface area contributed by atoms with Gasteiger partial charge in [-0.3, -0.25) is 4.98 Å². The molecule has 3 aromatic rings. The third-order valence-electron chi connectivity index (χ3n) is 3.30. The number of hydrogen-bond acceptors (Lipinski definition) is 2. The fraction of sp³-hybridized carbons (Fsp3) is 0.0625. The first kappa shape index (κ1) is 14.6. The third kappa shape index (κ3) is 2.72. The van der Waals surface area contributed by atoms with Gasteiger partial charge < -0.3 is 5.11 Å². The summed E-state index contributed by atoms with van der Waals surface area (Å²) in [5, 5.41) is 12.9. The molecule has 0 amide bonds. The lowest BCUT2D eigenvalue weighted by molar-refractivity contribution is 0.221. The quantitative estimate of drug-likeness (QED) is 0.690. The Kier molecular flexibility index (Phi) is 4.05. The highest BCUT2D eigenvalue weighted by molar-refractivity contribution is 6.42. The number of aliphatic hydroxyl groups excluding tert-OH is 1. The lowest BCUT2D eigenvalue weighted by Crippen LogP contribution is -2.01. The SMILES string of the molecule is OC(c1ccc(Cl)c(Cl)c1)c1ccc(Cl)c2cccnc12. The van der Waals surface area contributed by atoms with E-state index in [1.54, 1.807) is 36.5 Å². The molecular weight excluding hydrogens is 329 g/mol. The summed E-state index contributed by atoms with van der Waals surface area (Å²) in [4.78, 5) is 4.33.